The van der Waals surface area contributed by atoms with Crippen LogP contribution in [0.2, 0.25) is 0 Å². The SMILES string of the molecule is Nc1nccc(-c2cnc(NCc3cccc(C(=O)N[C@H]4C[C@@H](OC(F)F)C4)c3)c3c2OCC3)n1. The Labute approximate surface area is 200 Å². The van der Waals surface area contributed by atoms with Gasteiger partial charge in [-0.3, -0.25) is 4.79 Å². The van der Waals surface area contributed by atoms with Crippen LogP contribution in [0.25, 0.3) is 11.3 Å². The largest absolute Gasteiger partial charge is 0.492 e. The lowest BCUT2D eigenvalue weighted by atomic mass is 9.89. The molecule has 2 aliphatic rings. The molecule has 2 aromatic heterocycles. The van der Waals surface area contributed by atoms with Crippen LogP contribution in [-0.2, 0) is 17.7 Å². The number of nitrogens with zero attached hydrogens (tertiary/aromatic N) is 3. The van der Waals surface area contributed by atoms with Crippen LogP contribution >= 0.6 is 0 Å². The van der Waals surface area contributed by atoms with E-state index in [1.165, 1.54) is 0 Å². The Bertz CT molecular complexity index is 1240. The van der Waals surface area contributed by atoms with Crippen LogP contribution in [0.3, 0.4) is 0 Å². The standard InChI is InChI=1S/C24H24F2N6O3/c25-23(26)35-16-9-15(10-16)31-22(33)14-3-1-2-13(8-14)11-29-21-17-5-7-34-20(17)18(12-30-21)19-4-6-28-24(27)32-19/h1-4,6,8,12,15-16,23H,5,7,9-11H2,(H,29,30)(H,31,33)(H2,27,28,32)/t15-,16+. The van der Waals surface area contributed by atoms with Gasteiger partial charge in [-0.1, -0.05) is 12.1 Å². The zero-order chi connectivity index (χ0) is 24.4. The molecule has 0 spiro atoms. The summed E-state index contributed by atoms with van der Waals surface area (Å²) in [5, 5.41) is 6.20. The predicted molar refractivity (Wildman–Crippen MR) is 124 cm³/mol. The Morgan fingerprint density at radius 2 is 2.11 bits per heavy atom. The second kappa shape index (κ2) is 9.79. The monoisotopic (exact) mass is 482 g/mol. The van der Waals surface area contributed by atoms with Gasteiger partial charge in [0.05, 0.1) is 24.0 Å². The van der Waals surface area contributed by atoms with Gasteiger partial charge in [-0.25, -0.2) is 15.0 Å². The third kappa shape index (κ3) is 5.14. The number of hydrogen-bond donors (Lipinski definition) is 3. The van der Waals surface area contributed by atoms with Crippen molar-refractivity contribution in [3.05, 3.63) is 59.4 Å². The lowest BCUT2D eigenvalue weighted by molar-refractivity contribution is -0.184. The van der Waals surface area contributed by atoms with E-state index in [1.54, 1.807) is 36.7 Å². The smallest absolute Gasteiger partial charge is 0.345 e. The minimum Gasteiger partial charge on any atom is -0.492 e. The number of ether oxygens (including phenoxy) is 2. The molecule has 1 saturated carbocycles. The van der Waals surface area contributed by atoms with Gasteiger partial charge in [-0.2, -0.15) is 8.78 Å². The molecule has 0 unspecified atom stereocenters. The highest BCUT2D eigenvalue weighted by molar-refractivity contribution is 5.94. The van der Waals surface area contributed by atoms with E-state index in [4.69, 9.17) is 10.5 Å². The van der Waals surface area contributed by atoms with Crippen molar-refractivity contribution < 1.29 is 23.0 Å². The molecule has 11 heteroatoms. The van der Waals surface area contributed by atoms with Gasteiger partial charge in [0.2, 0.25) is 5.95 Å². The average molecular weight is 482 g/mol. The molecule has 5 rings (SSSR count). The Hall–Kier alpha value is -3.86. The molecule has 1 amide bonds. The van der Waals surface area contributed by atoms with Gasteiger partial charge >= 0.3 is 6.61 Å². The number of nitrogens with two attached hydrogens (primary N) is 1. The van der Waals surface area contributed by atoms with Crippen LogP contribution in [0.1, 0.15) is 34.3 Å². The summed E-state index contributed by atoms with van der Waals surface area (Å²) in [6, 6.07) is 8.82. The number of amides is 1. The van der Waals surface area contributed by atoms with E-state index < -0.39 is 12.7 Å². The van der Waals surface area contributed by atoms with E-state index in [1.807, 2.05) is 6.07 Å². The molecular weight excluding hydrogens is 458 g/mol. The minimum atomic E-state index is -2.79. The maximum Gasteiger partial charge on any atom is 0.345 e. The molecule has 1 fully saturated rings. The first-order chi connectivity index (χ1) is 17.0. The fourth-order valence-corrected chi connectivity index (χ4v) is 4.26. The van der Waals surface area contributed by atoms with Crippen molar-refractivity contribution in [1.29, 1.82) is 0 Å². The van der Waals surface area contributed by atoms with Crippen molar-refractivity contribution in [3.8, 4) is 17.0 Å². The number of fused-ring (bicyclic) bond motifs is 1. The van der Waals surface area contributed by atoms with Gasteiger partial charge in [-0.15, -0.1) is 0 Å². The first-order valence-electron chi connectivity index (χ1n) is 11.3. The van der Waals surface area contributed by atoms with Crippen molar-refractivity contribution in [2.24, 2.45) is 0 Å². The summed E-state index contributed by atoms with van der Waals surface area (Å²) in [6.07, 6.45) is 4.25. The maximum atomic E-state index is 12.6. The van der Waals surface area contributed by atoms with Crippen LogP contribution in [0, 0.1) is 0 Å². The summed E-state index contributed by atoms with van der Waals surface area (Å²) in [5.74, 6) is 1.37. The Morgan fingerprint density at radius 3 is 2.91 bits per heavy atom. The van der Waals surface area contributed by atoms with Crippen molar-refractivity contribution in [1.82, 2.24) is 20.3 Å². The molecule has 1 aliphatic carbocycles. The average Bonchev–Trinajstić information content (AvgIpc) is 3.31. The third-order valence-electron chi connectivity index (χ3n) is 6.05. The summed E-state index contributed by atoms with van der Waals surface area (Å²) >= 11 is 0. The minimum absolute atomic E-state index is 0.163. The highest BCUT2D eigenvalue weighted by Gasteiger charge is 2.33. The highest BCUT2D eigenvalue weighted by Crippen LogP contribution is 2.39. The number of nitrogen functional groups attached to an aromatic ring is 1. The molecule has 3 aromatic rings. The molecule has 0 saturated heterocycles. The molecule has 1 aliphatic heterocycles. The van der Waals surface area contributed by atoms with E-state index in [0.717, 1.165) is 22.4 Å². The molecule has 0 bridgehead atoms. The molecule has 0 atom stereocenters. The number of halogens is 2. The Balaban J connectivity index is 1.23. The van der Waals surface area contributed by atoms with Gasteiger partial charge in [-0.05, 0) is 36.6 Å². The Kier molecular flexibility index (Phi) is 6.41. The van der Waals surface area contributed by atoms with Gasteiger partial charge in [0.15, 0.2) is 0 Å². The second-order valence-corrected chi connectivity index (χ2v) is 8.44. The van der Waals surface area contributed by atoms with Gasteiger partial charge in [0.1, 0.15) is 11.6 Å². The second-order valence-electron chi connectivity index (χ2n) is 8.44. The first kappa shape index (κ1) is 22.9. The van der Waals surface area contributed by atoms with Gasteiger partial charge in [0, 0.05) is 42.5 Å². The fraction of sp³-hybridized carbons (Fsp3) is 0.333. The molecule has 182 valence electrons. The summed E-state index contributed by atoms with van der Waals surface area (Å²) < 4.78 is 34.8. The number of nitrogens with one attached hydrogen (secondary N) is 2. The van der Waals surface area contributed by atoms with Crippen LogP contribution in [0.15, 0.2) is 42.7 Å². The van der Waals surface area contributed by atoms with Gasteiger partial charge < -0.3 is 25.8 Å². The van der Waals surface area contributed by atoms with Crippen LogP contribution in [-0.4, -0.2) is 46.2 Å². The van der Waals surface area contributed by atoms with Crippen LogP contribution < -0.4 is 21.1 Å². The number of rotatable bonds is 8. The lowest BCUT2D eigenvalue weighted by Crippen LogP contribution is -2.48. The van der Waals surface area contributed by atoms with Crippen molar-refractivity contribution >= 4 is 17.7 Å². The predicted octanol–water partition coefficient (Wildman–Crippen LogP) is 3.17. The van der Waals surface area contributed by atoms with Crippen LogP contribution in [0.5, 0.6) is 5.75 Å². The quantitative estimate of drug-likeness (QED) is 0.447. The van der Waals surface area contributed by atoms with Crippen molar-refractivity contribution in [2.75, 3.05) is 17.7 Å². The number of anilines is 2. The molecule has 1 aromatic carbocycles. The lowest BCUT2D eigenvalue weighted by Gasteiger charge is -2.35. The summed E-state index contributed by atoms with van der Waals surface area (Å²) in [6.45, 7) is -1.79. The number of carbonyl (C=O) groups is 1. The van der Waals surface area contributed by atoms with E-state index in [2.05, 4.69) is 30.3 Å². The number of benzene rings is 1. The molecule has 9 nitrogen and oxygen atoms in total. The number of hydrogen-bond acceptors (Lipinski definition) is 8. The topological polar surface area (TPSA) is 124 Å². The van der Waals surface area contributed by atoms with E-state index in [9.17, 15) is 13.6 Å². The first-order valence-corrected chi connectivity index (χ1v) is 11.3. The fourth-order valence-electron chi connectivity index (χ4n) is 4.26. The Morgan fingerprint density at radius 1 is 1.26 bits per heavy atom. The van der Waals surface area contributed by atoms with E-state index in [-0.39, 0.29) is 17.9 Å². The van der Waals surface area contributed by atoms with E-state index >= 15 is 0 Å². The number of pyridine rings is 1. The summed E-state index contributed by atoms with van der Waals surface area (Å²) in [7, 11) is 0. The van der Waals surface area contributed by atoms with Crippen molar-refractivity contribution in [3.63, 3.8) is 0 Å². The van der Waals surface area contributed by atoms with E-state index in [0.29, 0.717) is 49.5 Å². The van der Waals surface area contributed by atoms with Crippen LogP contribution in [0.4, 0.5) is 20.5 Å². The molecule has 4 N–H and O–H groups in total. The highest BCUT2D eigenvalue weighted by atomic mass is 19.3. The molecule has 0 radical (unpaired) electrons. The summed E-state index contributed by atoms with van der Waals surface area (Å²) in [4.78, 5) is 25.4. The number of aromatic nitrogens is 3. The zero-order valence-electron chi connectivity index (χ0n) is 18.7. The number of alkyl halides is 2. The third-order valence-corrected chi connectivity index (χ3v) is 6.05. The van der Waals surface area contributed by atoms with Crippen molar-refractivity contribution in [2.45, 2.75) is 44.6 Å². The van der Waals surface area contributed by atoms with Gasteiger partial charge in [0.25, 0.3) is 5.91 Å². The zero-order valence-corrected chi connectivity index (χ0v) is 18.7. The molecule has 3 heterocycles. The molecule has 35 heavy (non-hydrogen) atoms. The maximum absolute atomic E-state index is 12.6. The molecular formula is C24H24F2N6O3. The summed E-state index contributed by atoms with van der Waals surface area (Å²) in [5.41, 5.74) is 9.48. The number of carbonyl (C=O) groups excluding carboxylic acids is 1. The normalized spacial score (nSPS) is 18.5.